The average molecular weight is 416 g/mol. The van der Waals surface area contributed by atoms with Crippen molar-refractivity contribution in [2.75, 3.05) is 0 Å². The third kappa shape index (κ3) is 3.32. The molecule has 8 heteroatoms. The Hall–Kier alpha value is -2.41. The number of rotatable bonds is 3. The Morgan fingerprint density at radius 1 is 1.07 bits per heavy atom. The van der Waals surface area contributed by atoms with Gasteiger partial charge in [0, 0.05) is 7.05 Å². The molecule has 0 N–H and O–H groups in total. The van der Waals surface area contributed by atoms with Crippen LogP contribution in [-0.4, -0.2) is 20.6 Å². The second kappa shape index (κ2) is 7.31. The van der Waals surface area contributed by atoms with E-state index in [1.807, 2.05) is 48.9 Å². The van der Waals surface area contributed by atoms with Crippen molar-refractivity contribution in [3.63, 3.8) is 0 Å². The van der Waals surface area contributed by atoms with Crippen molar-refractivity contribution < 1.29 is 0 Å². The van der Waals surface area contributed by atoms with Crippen LogP contribution in [0.4, 0.5) is 0 Å². The van der Waals surface area contributed by atoms with Crippen molar-refractivity contribution in [1.29, 1.82) is 0 Å². The summed E-state index contributed by atoms with van der Waals surface area (Å²) in [6, 6.07) is 15.6. The number of hydrogen-bond donors (Lipinski definition) is 0. The van der Waals surface area contributed by atoms with Crippen molar-refractivity contribution in [3.05, 3.63) is 74.8 Å². The largest absolute Gasteiger partial charge is 0.318 e. The molecule has 0 aliphatic rings. The van der Waals surface area contributed by atoms with Gasteiger partial charge in [-0.15, -0.1) is 5.10 Å². The van der Waals surface area contributed by atoms with E-state index in [-0.39, 0.29) is 0 Å². The Morgan fingerprint density at radius 2 is 1.81 bits per heavy atom. The van der Waals surface area contributed by atoms with Gasteiger partial charge in [-0.2, -0.15) is 10.2 Å². The molecular formula is C19H15Cl2N5S. The Morgan fingerprint density at radius 3 is 2.59 bits per heavy atom. The summed E-state index contributed by atoms with van der Waals surface area (Å²) in [6.45, 7) is 1.88. The van der Waals surface area contributed by atoms with Gasteiger partial charge in [-0.05, 0) is 31.2 Å². The molecule has 2 aromatic heterocycles. The van der Waals surface area contributed by atoms with Gasteiger partial charge < -0.3 is 4.57 Å². The van der Waals surface area contributed by atoms with Crippen LogP contribution in [0.3, 0.4) is 0 Å². The van der Waals surface area contributed by atoms with Crippen LogP contribution in [0.1, 0.15) is 11.3 Å². The zero-order chi connectivity index (χ0) is 19.0. The van der Waals surface area contributed by atoms with Crippen LogP contribution in [0.15, 0.2) is 58.7 Å². The summed E-state index contributed by atoms with van der Waals surface area (Å²) in [6.07, 6.45) is 1.63. The molecule has 0 atom stereocenters. The quantitative estimate of drug-likeness (QED) is 0.343. The lowest BCUT2D eigenvalue weighted by atomic mass is 10.3. The van der Waals surface area contributed by atoms with E-state index < -0.39 is 0 Å². The predicted octanol–water partition coefficient (Wildman–Crippen LogP) is 4.98. The number of benzene rings is 2. The van der Waals surface area contributed by atoms with E-state index in [1.165, 1.54) is 0 Å². The maximum absolute atomic E-state index is 6.52. The molecule has 0 amide bonds. The minimum atomic E-state index is 0.445. The standard InChI is InChI=1S/C19H15Cl2N5S/c1-12-13(18(21)26(24-12)15-8-4-3-7-14(15)20)11-22-23-19-25(2)16-9-5-6-10-17(16)27-19/h3-11H,1-2H3/b22-11+,23-19-. The van der Waals surface area contributed by atoms with Crippen molar-refractivity contribution in [1.82, 2.24) is 14.3 Å². The summed E-state index contributed by atoms with van der Waals surface area (Å²) in [4.78, 5) is 0.805. The number of nitrogens with zero attached hydrogens (tertiary/aromatic N) is 5. The second-order valence-corrected chi connectivity index (χ2v) is 7.68. The zero-order valence-corrected chi connectivity index (χ0v) is 16.9. The number of para-hydroxylation sites is 2. The van der Waals surface area contributed by atoms with Gasteiger partial charge in [0.05, 0.1) is 38.4 Å². The highest BCUT2D eigenvalue weighted by Gasteiger charge is 2.14. The number of aryl methyl sites for hydroxylation is 2. The summed E-state index contributed by atoms with van der Waals surface area (Å²) < 4.78 is 4.79. The molecule has 4 rings (SSSR count). The highest BCUT2D eigenvalue weighted by molar-refractivity contribution is 7.16. The van der Waals surface area contributed by atoms with E-state index in [0.717, 1.165) is 26.4 Å². The zero-order valence-electron chi connectivity index (χ0n) is 14.6. The highest BCUT2D eigenvalue weighted by Crippen LogP contribution is 2.26. The Bertz CT molecular complexity index is 1230. The predicted molar refractivity (Wildman–Crippen MR) is 112 cm³/mol. The number of fused-ring (bicyclic) bond motifs is 1. The van der Waals surface area contributed by atoms with Crippen molar-refractivity contribution in [3.8, 4) is 5.69 Å². The Balaban J connectivity index is 1.72. The molecule has 0 bridgehead atoms. The van der Waals surface area contributed by atoms with E-state index in [2.05, 4.69) is 27.4 Å². The molecule has 0 saturated heterocycles. The van der Waals surface area contributed by atoms with Crippen molar-refractivity contribution >= 4 is 51.0 Å². The second-order valence-electron chi connectivity index (χ2n) is 5.91. The first-order chi connectivity index (χ1) is 13.1. The fraction of sp³-hybridized carbons (Fsp3) is 0.105. The SMILES string of the molecule is Cc1nn(-c2ccccc2Cl)c(Cl)c1/C=N/N=c1\sc2ccccc2n1C. The van der Waals surface area contributed by atoms with Crippen LogP contribution in [-0.2, 0) is 7.05 Å². The first-order valence-corrected chi connectivity index (χ1v) is 9.75. The van der Waals surface area contributed by atoms with Crippen LogP contribution in [0.5, 0.6) is 0 Å². The van der Waals surface area contributed by atoms with E-state index >= 15 is 0 Å². The van der Waals surface area contributed by atoms with E-state index in [4.69, 9.17) is 23.2 Å². The van der Waals surface area contributed by atoms with Crippen molar-refractivity contribution in [2.45, 2.75) is 6.92 Å². The average Bonchev–Trinajstić information content (AvgIpc) is 3.13. The van der Waals surface area contributed by atoms with Gasteiger partial charge in [-0.25, -0.2) is 4.68 Å². The Kier molecular flexibility index (Phi) is 4.86. The first kappa shape index (κ1) is 18.0. The summed E-state index contributed by atoms with van der Waals surface area (Å²) in [7, 11) is 1.97. The highest BCUT2D eigenvalue weighted by atomic mass is 35.5. The van der Waals surface area contributed by atoms with Crippen LogP contribution in [0.25, 0.3) is 15.9 Å². The van der Waals surface area contributed by atoms with Gasteiger partial charge in [0.2, 0.25) is 4.80 Å². The molecule has 2 aromatic carbocycles. The van der Waals surface area contributed by atoms with E-state index in [0.29, 0.717) is 15.7 Å². The maximum Gasteiger partial charge on any atom is 0.211 e. The van der Waals surface area contributed by atoms with Gasteiger partial charge in [0.1, 0.15) is 5.15 Å². The van der Waals surface area contributed by atoms with E-state index in [1.54, 1.807) is 28.3 Å². The van der Waals surface area contributed by atoms with Crippen LogP contribution in [0, 0.1) is 6.92 Å². The molecule has 27 heavy (non-hydrogen) atoms. The maximum atomic E-state index is 6.52. The monoisotopic (exact) mass is 415 g/mol. The summed E-state index contributed by atoms with van der Waals surface area (Å²) in [5.74, 6) is 0. The molecule has 0 spiro atoms. The van der Waals surface area contributed by atoms with Crippen LogP contribution < -0.4 is 4.80 Å². The third-order valence-corrected chi connectivity index (χ3v) is 5.96. The molecule has 0 aliphatic carbocycles. The molecule has 5 nitrogen and oxygen atoms in total. The van der Waals surface area contributed by atoms with Gasteiger partial charge in [-0.1, -0.05) is 58.8 Å². The molecule has 0 aliphatic heterocycles. The molecule has 0 saturated carbocycles. The van der Waals surface area contributed by atoms with Gasteiger partial charge in [0.25, 0.3) is 0 Å². The number of halogens is 2. The lowest BCUT2D eigenvalue weighted by molar-refractivity contribution is 0.863. The van der Waals surface area contributed by atoms with Gasteiger partial charge in [-0.3, -0.25) is 0 Å². The van der Waals surface area contributed by atoms with Crippen LogP contribution >= 0.6 is 34.5 Å². The minimum Gasteiger partial charge on any atom is -0.318 e. The lowest BCUT2D eigenvalue weighted by Gasteiger charge is -2.04. The lowest BCUT2D eigenvalue weighted by Crippen LogP contribution is -2.08. The third-order valence-electron chi connectivity index (χ3n) is 4.17. The molecule has 0 unspecified atom stereocenters. The number of thiazole rings is 1. The fourth-order valence-corrected chi connectivity index (χ4v) is 4.26. The number of aromatic nitrogens is 3. The number of hydrogen-bond acceptors (Lipinski definition) is 4. The normalized spacial score (nSPS) is 12.5. The smallest absolute Gasteiger partial charge is 0.211 e. The topological polar surface area (TPSA) is 47.5 Å². The minimum absolute atomic E-state index is 0.445. The van der Waals surface area contributed by atoms with Crippen molar-refractivity contribution in [2.24, 2.45) is 17.3 Å². The molecular weight excluding hydrogens is 401 g/mol. The van der Waals surface area contributed by atoms with Crippen LogP contribution in [0.2, 0.25) is 10.2 Å². The van der Waals surface area contributed by atoms with Gasteiger partial charge >= 0.3 is 0 Å². The fourth-order valence-electron chi connectivity index (χ4n) is 2.75. The molecule has 2 heterocycles. The summed E-state index contributed by atoms with van der Waals surface area (Å²) in [5, 5.41) is 14.1. The molecule has 136 valence electrons. The van der Waals surface area contributed by atoms with Gasteiger partial charge in [0.15, 0.2) is 0 Å². The molecule has 0 radical (unpaired) electrons. The summed E-state index contributed by atoms with van der Waals surface area (Å²) in [5.41, 5.74) is 3.31. The molecule has 4 aromatic rings. The van der Waals surface area contributed by atoms with E-state index in [9.17, 15) is 0 Å². The summed E-state index contributed by atoms with van der Waals surface area (Å²) >= 11 is 14.4. The first-order valence-electron chi connectivity index (χ1n) is 8.18. The molecule has 0 fully saturated rings. The Labute approximate surface area is 169 Å².